The molecule has 0 spiro atoms. The zero-order valence-corrected chi connectivity index (χ0v) is 10.2. The fraction of sp³-hybridized carbons (Fsp3) is 0.500. The Balaban J connectivity index is 1.96. The lowest BCUT2D eigenvalue weighted by Gasteiger charge is -2.07. The maximum Gasteiger partial charge on any atom is 0.306 e. The predicted octanol–water partition coefficient (Wildman–Crippen LogP) is 3.10. The number of carbonyl (C=O) groups is 1. The van der Waals surface area contributed by atoms with Crippen molar-refractivity contribution in [2.45, 2.75) is 33.1 Å². The fourth-order valence-corrected chi connectivity index (χ4v) is 2.24. The summed E-state index contributed by atoms with van der Waals surface area (Å²) >= 11 is 0. The van der Waals surface area contributed by atoms with Crippen LogP contribution in [0.5, 0.6) is 0 Å². The standard InChI is InChI=1S/C14H17FO2/c1-8-5-11(13(15)6-9(8)2)4-3-10-7-12(10)14(16)17/h5-6,10,12H,3-4,7H2,1-2H3,(H,16,17). The van der Waals surface area contributed by atoms with Crippen LogP contribution in [0.2, 0.25) is 0 Å². The number of halogens is 1. The van der Waals surface area contributed by atoms with Crippen LogP contribution in [0.1, 0.15) is 29.5 Å². The largest absolute Gasteiger partial charge is 0.481 e. The molecular formula is C14H17FO2. The van der Waals surface area contributed by atoms with Crippen LogP contribution >= 0.6 is 0 Å². The van der Waals surface area contributed by atoms with Gasteiger partial charge >= 0.3 is 5.97 Å². The van der Waals surface area contributed by atoms with Gasteiger partial charge in [0.15, 0.2) is 0 Å². The molecule has 2 unspecified atom stereocenters. The van der Waals surface area contributed by atoms with Gasteiger partial charge in [-0.3, -0.25) is 4.79 Å². The number of aliphatic carboxylic acids is 1. The topological polar surface area (TPSA) is 37.3 Å². The first kappa shape index (κ1) is 12.1. The molecule has 17 heavy (non-hydrogen) atoms. The maximum atomic E-state index is 13.6. The monoisotopic (exact) mass is 236 g/mol. The quantitative estimate of drug-likeness (QED) is 0.872. The van der Waals surface area contributed by atoms with E-state index < -0.39 is 5.97 Å². The lowest BCUT2D eigenvalue weighted by Crippen LogP contribution is -2.01. The van der Waals surface area contributed by atoms with Gasteiger partial charge < -0.3 is 5.11 Å². The average Bonchev–Trinajstić information content (AvgIpc) is 3.01. The van der Waals surface area contributed by atoms with E-state index in [0.717, 1.165) is 24.0 Å². The van der Waals surface area contributed by atoms with Crippen molar-refractivity contribution in [1.29, 1.82) is 0 Å². The summed E-state index contributed by atoms with van der Waals surface area (Å²) in [5, 5.41) is 8.78. The highest BCUT2D eigenvalue weighted by molar-refractivity contribution is 5.73. The third-order valence-electron chi connectivity index (χ3n) is 3.69. The highest BCUT2D eigenvalue weighted by Crippen LogP contribution is 2.42. The summed E-state index contributed by atoms with van der Waals surface area (Å²) in [4.78, 5) is 10.7. The van der Waals surface area contributed by atoms with E-state index in [4.69, 9.17) is 5.11 Å². The number of aryl methyl sites for hydroxylation is 3. The Morgan fingerprint density at radius 1 is 1.41 bits per heavy atom. The Hall–Kier alpha value is -1.38. The van der Waals surface area contributed by atoms with Crippen molar-refractivity contribution in [3.05, 3.63) is 34.6 Å². The zero-order chi connectivity index (χ0) is 12.6. The van der Waals surface area contributed by atoms with Crippen molar-refractivity contribution in [2.24, 2.45) is 11.8 Å². The highest BCUT2D eigenvalue weighted by atomic mass is 19.1. The first-order chi connectivity index (χ1) is 7.99. The molecule has 0 saturated heterocycles. The molecule has 3 heteroatoms. The van der Waals surface area contributed by atoms with Gasteiger partial charge in [0.05, 0.1) is 5.92 Å². The molecule has 92 valence electrons. The molecule has 0 bridgehead atoms. The van der Waals surface area contributed by atoms with Crippen molar-refractivity contribution in [3.8, 4) is 0 Å². The van der Waals surface area contributed by atoms with Crippen LogP contribution in [0.3, 0.4) is 0 Å². The summed E-state index contributed by atoms with van der Waals surface area (Å²) in [6.07, 6.45) is 2.17. The predicted molar refractivity (Wildman–Crippen MR) is 63.4 cm³/mol. The summed E-state index contributed by atoms with van der Waals surface area (Å²) in [5.41, 5.74) is 2.76. The normalized spacial score (nSPS) is 22.5. The van der Waals surface area contributed by atoms with Crippen LogP contribution in [0.4, 0.5) is 4.39 Å². The van der Waals surface area contributed by atoms with Crippen LogP contribution in [0.15, 0.2) is 12.1 Å². The van der Waals surface area contributed by atoms with Gasteiger partial charge in [-0.25, -0.2) is 4.39 Å². The fourth-order valence-electron chi connectivity index (χ4n) is 2.24. The van der Waals surface area contributed by atoms with E-state index in [1.54, 1.807) is 6.07 Å². The van der Waals surface area contributed by atoms with Gasteiger partial charge in [-0.05, 0) is 61.8 Å². The highest BCUT2D eigenvalue weighted by Gasteiger charge is 2.42. The van der Waals surface area contributed by atoms with Crippen molar-refractivity contribution in [2.75, 3.05) is 0 Å². The van der Waals surface area contributed by atoms with Gasteiger partial charge in [0.1, 0.15) is 5.82 Å². The minimum Gasteiger partial charge on any atom is -0.481 e. The second-order valence-electron chi connectivity index (χ2n) is 5.01. The van der Waals surface area contributed by atoms with E-state index in [2.05, 4.69) is 0 Å². The maximum absolute atomic E-state index is 13.6. The lowest BCUT2D eigenvalue weighted by molar-refractivity contribution is -0.138. The van der Waals surface area contributed by atoms with Gasteiger partial charge in [-0.15, -0.1) is 0 Å². The Morgan fingerprint density at radius 2 is 2.06 bits per heavy atom. The molecule has 1 aromatic rings. The molecule has 1 N–H and O–H groups in total. The lowest BCUT2D eigenvalue weighted by atomic mass is 10.0. The summed E-state index contributed by atoms with van der Waals surface area (Å²) in [6, 6.07) is 3.44. The molecule has 0 aliphatic heterocycles. The summed E-state index contributed by atoms with van der Waals surface area (Å²) in [6.45, 7) is 3.86. The minimum absolute atomic E-state index is 0.166. The molecule has 1 aliphatic carbocycles. The zero-order valence-electron chi connectivity index (χ0n) is 10.2. The summed E-state index contributed by atoms with van der Waals surface area (Å²) in [5.74, 6) is -0.825. The van der Waals surface area contributed by atoms with E-state index in [1.807, 2.05) is 19.9 Å². The second-order valence-corrected chi connectivity index (χ2v) is 5.01. The number of carboxylic acids is 1. The molecule has 1 aliphatic rings. The molecule has 0 aromatic heterocycles. The molecule has 0 amide bonds. The minimum atomic E-state index is -0.712. The average molecular weight is 236 g/mol. The van der Waals surface area contributed by atoms with Crippen LogP contribution in [-0.4, -0.2) is 11.1 Å². The molecule has 2 rings (SSSR count). The number of rotatable bonds is 4. The van der Waals surface area contributed by atoms with Gasteiger partial charge in [-0.1, -0.05) is 6.07 Å². The van der Waals surface area contributed by atoms with Crippen molar-refractivity contribution in [1.82, 2.24) is 0 Å². The van der Waals surface area contributed by atoms with Crippen LogP contribution < -0.4 is 0 Å². The SMILES string of the molecule is Cc1cc(F)c(CCC2CC2C(=O)O)cc1C. The molecule has 1 saturated carbocycles. The van der Waals surface area contributed by atoms with E-state index in [1.165, 1.54) is 0 Å². The first-order valence-electron chi connectivity index (χ1n) is 5.97. The number of hydrogen-bond acceptors (Lipinski definition) is 1. The van der Waals surface area contributed by atoms with Gasteiger partial charge in [0.2, 0.25) is 0 Å². The molecule has 0 radical (unpaired) electrons. The Kier molecular flexibility index (Phi) is 3.18. The molecule has 1 fully saturated rings. The number of carboxylic acid groups (broad SMARTS) is 1. The Labute approximate surface area is 100 Å². The van der Waals surface area contributed by atoms with Crippen LogP contribution in [0, 0.1) is 31.5 Å². The second kappa shape index (κ2) is 4.47. The smallest absolute Gasteiger partial charge is 0.306 e. The summed E-state index contributed by atoms with van der Waals surface area (Å²) in [7, 11) is 0. The van der Waals surface area contributed by atoms with Crippen LogP contribution in [0.25, 0.3) is 0 Å². The van der Waals surface area contributed by atoms with Crippen LogP contribution in [-0.2, 0) is 11.2 Å². The van der Waals surface area contributed by atoms with Gasteiger partial charge in [-0.2, -0.15) is 0 Å². The van der Waals surface area contributed by atoms with E-state index >= 15 is 0 Å². The molecule has 1 aromatic carbocycles. The third-order valence-corrected chi connectivity index (χ3v) is 3.69. The molecule has 0 heterocycles. The number of hydrogen-bond donors (Lipinski definition) is 1. The van der Waals surface area contributed by atoms with Gasteiger partial charge in [0, 0.05) is 0 Å². The third kappa shape index (κ3) is 2.65. The Morgan fingerprint density at radius 3 is 2.65 bits per heavy atom. The van der Waals surface area contributed by atoms with E-state index in [0.29, 0.717) is 12.0 Å². The van der Waals surface area contributed by atoms with E-state index in [9.17, 15) is 9.18 Å². The molecule has 2 nitrogen and oxygen atoms in total. The summed E-state index contributed by atoms with van der Waals surface area (Å²) < 4.78 is 13.6. The van der Waals surface area contributed by atoms with Gasteiger partial charge in [0.25, 0.3) is 0 Å². The van der Waals surface area contributed by atoms with Crippen molar-refractivity contribution < 1.29 is 14.3 Å². The van der Waals surface area contributed by atoms with Crippen molar-refractivity contribution >= 4 is 5.97 Å². The van der Waals surface area contributed by atoms with Crippen molar-refractivity contribution in [3.63, 3.8) is 0 Å². The molecule has 2 atom stereocenters. The van der Waals surface area contributed by atoms with E-state index in [-0.39, 0.29) is 17.7 Å². The molecular weight excluding hydrogens is 219 g/mol. The number of benzene rings is 1. The Bertz CT molecular complexity index is 454. The first-order valence-corrected chi connectivity index (χ1v) is 5.97.